The highest BCUT2D eigenvalue weighted by Crippen LogP contribution is 2.43. The van der Waals surface area contributed by atoms with Crippen LogP contribution in [0, 0.1) is 5.92 Å². The van der Waals surface area contributed by atoms with Gasteiger partial charge in [-0.05, 0) is 48.7 Å². The van der Waals surface area contributed by atoms with Gasteiger partial charge in [-0.3, -0.25) is 0 Å². The van der Waals surface area contributed by atoms with Crippen molar-refractivity contribution >= 4 is 22.6 Å². The molecule has 0 saturated heterocycles. The van der Waals surface area contributed by atoms with Crippen LogP contribution in [-0.4, -0.2) is 17.5 Å². The van der Waals surface area contributed by atoms with Crippen LogP contribution in [-0.2, 0) is 0 Å². The van der Waals surface area contributed by atoms with E-state index in [1.807, 2.05) is 0 Å². The Morgan fingerprint density at radius 3 is 2.48 bits per heavy atom. The van der Waals surface area contributed by atoms with Crippen molar-refractivity contribution in [3.05, 3.63) is 17.3 Å². The number of fused-ring (bicyclic) bond motifs is 1. The molecule has 21 heavy (non-hydrogen) atoms. The largest absolute Gasteiger partial charge is 0.362 e. The molecule has 0 spiro atoms. The second kappa shape index (κ2) is 7.98. The predicted octanol–water partition coefficient (Wildman–Crippen LogP) is 5.71. The van der Waals surface area contributed by atoms with Crippen LogP contribution < -0.4 is 4.90 Å². The molecule has 0 fully saturated rings. The van der Waals surface area contributed by atoms with E-state index in [1.54, 1.807) is 11.5 Å². The zero-order valence-electron chi connectivity index (χ0n) is 14.1. The van der Waals surface area contributed by atoms with Gasteiger partial charge >= 0.3 is 0 Å². The number of allylic oxidation sites excluding steroid dienone is 1. The fourth-order valence-electron chi connectivity index (χ4n) is 3.06. The van der Waals surface area contributed by atoms with E-state index in [-0.39, 0.29) is 0 Å². The molecule has 118 valence electrons. The summed E-state index contributed by atoms with van der Waals surface area (Å²) in [5.41, 5.74) is 2.77. The third kappa shape index (κ3) is 3.88. The molecule has 1 aromatic rings. The predicted molar refractivity (Wildman–Crippen MR) is 95.4 cm³/mol. The van der Waals surface area contributed by atoms with Crippen LogP contribution in [0.25, 0.3) is 6.08 Å². The molecule has 0 unspecified atom stereocenters. The van der Waals surface area contributed by atoms with Crippen molar-refractivity contribution in [2.75, 3.05) is 18.0 Å². The van der Waals surface area contributed by atoms with Crippen molar-refractivity contribution in [3.63, 3.8) is 0 Å². The summed E-state index contributed by atoms with van der Waals surface area (Å²) in [6.45, 7) is 11.6. The van der Waals surface area contributed by atoms with E-state index < -0.39 is 0 Å². The lowest BCUT2D eigenvalue weighted by Gasteiger charge is -2.29. The first-order valence-electron chi connectivity index (χ1n) is 8.60. The second-order valence-corrected chi connectivity index (χ2v) is 7.22. The number of anilines is 1. The molecule has 3 heteroatoms. The SMILES string of the molecule is CCCCN(CCCC)c1snc2c1[C@H](C(C)C)CC=C2. The Balaban J connectivity index is 2.28. The van der Waals surface area contributed by atoms with E-state index in [4.69, 9.17) is 4.37 Å². The highest BCUT2D eigenvalue weighted by molar-refractivity contribution is 7.10. The van der Waals surface area contributed by atoms with Crippen molar-refractivity contribution in [3.8, 4) is 0 Å². The number of hydrogen-bond donors (Lipinski definition) is 0. The molecule has 2 rings (SSSR count). The highest BCUT2D eigenvalue weighted by atomic mass is 32.1. The van der Waals surface area contributed by atoms with Gasteiger partial charge in [-0.15, -0.1) is 0 Å². The first kappa shape index (κ1) is 16.5. The number of hydrogen-bond acceptors (Lipinski definition) is 3. The molecular formula is C18H30N2S. The Morgan fingerprint density at radius 2 is 1.90 bits per heavy atom. The molecule has 0 N–H and O–H groups in total. The van der Waals surface area contributed by atoms with Gasteiger partial charge in [0.05, 0.1) is 5.69 Å². The van der Waals surface area contributed by atoms with Gasteiger partial charge in [0.25, 0.3) is 0 Å². The van der Waals surface area contributed by atoms with Crippen molar-refractivity contribution < 1.29 is 0 Å². The minimum Gasteiger partial charge on any atom is -0.362 e. The average Bonchev–Trinajstić information content (AvgIpc) is 2.91. The van der Waals surface area contributed by atoms with Gasteiger partial charge in [-0.2, -0.15) is 4.37 Å². The molecule has 0 bridgehead atoms. The summed E-state index contributed by atoms with van der Waals surface area (Å²) in [6, 6.07) is 0. The molecule has 2 nitrogen and oxygen atoms in total. The van der Waals surface area contributed by atoms with Gasteiger partial charge in [0.15, 0.2) is 0 Å². The van der Waals surface area contributed by atoms with Crippen LogP contribution >= 0.6 is 11.5 Å². The summed E-state index contributed by atoms with van der Waals surface area (Å²) in [5, 5.41) is 1.45. The van der Waals surface area contributed by atoms with Crippen LogP contribution in [0.2, 0.25) is 0 Å². The molecular weight excluding hydrogens is 276 g/mol. The lowest BCUT2D eigenvalue weighted by Crippen LogP contribution is -2.26. The average molecular weight is 307 g/mol. The van der Waals surface area contributed by atoms with E-state index >= 15 is 0 Å². The van der Waals surface area contributed by atoms with Crippen molar-refractivity contribution in [1.82, 2.24) is 4.37 Å². The molecule has 1 aromatic heterocycles. The van der Waals surface area contributed by atoms with Crippen LogP contribution in [0.15, 0.2) is 6.08 Å². The van der Waals surface area contributed by atoms with Gasteiger partial charge in [-0.25, -0.2) is 0 Å². The Morgan fingerprint density at radius 1 is 1.24 bits per heavy atom. The number of nitrogens with zero attached hydrogens (tertiary/aromatic N) is 2. The maximum absolute atomic E-state index is 4.74. The van der Waals surface area contributed by atoms with Gasteiger partial charge in [0.2, 0.25) is 0 Å². The monoisotopic (exact) mass is 306 g/mol. The summed E-state index contributed by atoms with van der Waals surface area (Å²) < 4.78 is 4.74. The zero-order chi connectivity index (χ0) is 15.2. The maximum atomic E-state index is 4.74. The van der Waals surface area contributed by atoms with Crippen LogP contribution in [0.1, 0.15) is 77.0 Å². The van der Waals surface area contributed by atoms with Gasteiger partial charge in [-0.1, -0.05) is 46.6 Å². The molecule has 1 aliphatic carbocycles. The van der Waals surface area contributed by atoms with Gasteiger partial charge in [0.1, 0.15) is 5.00 Å². The smallest absolute Gasteiger partial charge is 0.116 e. The van der Waals surface area contributed by atoms with Crippen LogP contribution in [0.4, 0.5) is 5.00 Å². The first-order valence-corrected chi connectivity index (χ1v) is 9.37. The third-order valence-electron chi connectivity index (χ3n) is 4.43. The standard InChI is InChI=1S/C18H30N2S/c1-5-7-12-20(13-8-6-2)18-17-15(14(3)4)10-9-11-16(17)19-21-18/h9,11,14-15H,5-8,10,12-13H2,1-4H3/t15-/m0/s1. The summed E-state index contributed by atoms with van der Waals surface area (Å²) in [7, 11) is 0. The number of aromatic nitrogens is 1. The maximum Gasteiger partial charge on any atom is 0.116 e. The van der Waals surface area contributed by atoms with E-state index in [9.17, 15) is 0 Å². The molecule has 1 heterocycles. The normalized spacial score (nSPS) is 17.3. The van der Waals surface area contributed by atoms with Crippen LogP contribution in [0.3, 0.4) is 0 Å². The Kier molecular flexibility index (Phi) is 6.28. The minimum absolute atomic E-state index is 0.643. The molecule has 1 aliphatic rings. The van der Waals surface area contributed by atoms with E-state index in [0.717, 1.165) is 0 Å². The summed E-state index contributed by atoms with van der Waals surface area (Å²) in [5.74, 6) is 1.33. The Hall–Kier alpha value is -0.830. The van der Waals surface area contributed by atoms with Crippen LogP contribution in [0.5, 0.6) is 0 Å². The fraction of sp³-hybridized carbons (Fsp3) is 0.722. The lowest BCUT2D eigenvalue weighted by molar-refractivity contribution is 0.498. The van der Waals surface area contributed by atoms with Crippen molar-refractivity contribution in [1.29, 1.82) is 0 Å². The molecule has 1 atom stereocenters. The zero-order valence-corrected chi connectivity index (χ0v) is 14.9. The van der Waals surface area contributed by atoms with E-state index in [1.165, 1.54) is 61.5 Å². The van der Waals surface area contributed by atoms with Crippen molar-refractivity contribution in [2.24, 2.45) is 5.92 Å². The summed E-state index contributed by atoms with van der Waals surface area (Å²) >= 11 is 1.72. The Labute approximate surface area is 134 Å². The first-order chi connectivity index (χ1) is 10.2. The lowest BCUT2D eigenvalue weighted by atomic mass is 9.82. The number of unbranched alkanes of at least 4 members (excludes halogenated alkanes) is 2. The summed E-state index contributed by atoms with van der Waals surface area (Å²) in [6.07, 6.45) is 10.8. The molecule has 0 saturated carbocycles. The Bertz CT molecular complexity index is 454. The quantitative estimate of drug-likeness (QED) is 0.612. The minimum atomic E-state index is 0.643. The molecule has 0 aliphatic heterocycles. The van der Waals surface area contributed by atoms with E-state index in [2.05, 4.69) is 44.7 Å². The number of rotatable bonds is 8. The molecule has 0 radical (unpaired) electrons. The summed E-state index contributed by atoms with van der Waals surface area (Å²) in [4.78, 5) is 2.61. The van der Waals surface area contributed by atoms with Gasteiger partial charge in [0, 0.05) is 18.7 Å². The second-order valence-electron chi connectivity index (χ2n) is 6.47. The van der Waals surface area contributed by atoms with Gasteiger partial charge < -0.3 is 4.90 Å². The highest BCUT2D eigenvalue weighted by Gasteiger charge is 2.28. The molecule has 0 amide bonds. The topological polar surface area (TPSA) is 16.1 Å². The molecule has 0 aromatic carbocycles. The van der Waals surface area contributed by atoms with Crippen molar-refractivity contribution in [2.45, 2.75) is 65.7 Å². The third-order valence-corrected chi connectivity index (χ3v) is 5.37. The van der Waals surface area contributed by atoms with E-state index in [0.29, 0.717) is 11.8 Å². The fourth-order valence-corrected chi connectivity index (χ4v) is 4.06.